The minimum atomic E-state index is -3.00. The summed E-state index contributed by atoms with van der Waals surface area (Å²) in [5, 5.41) is 6.15. The Bertz CT molecular complexity index is 666. The van der Waals surface area contributed by atoms with Crippen LogP contribution in [0.1, 0.15) is 18.1 Å². The smallest absolute Gasteiger partial charge is 0.191 e. The average Bonchev–Trinajstić information content (AvgIpc) is 2.55. The monoisotopic (exact) mass is 499 g/mol. The lowest BCUT2D eigenvalue weighted by Gasteiger charge is -2.15. The summed E-state index contributed by atoms with van der Waals surface area (Å²) in [5.74, 6) is 1.41. The Kier molecular flexibility index (Phi) is 12.6. The van der Waals surface area contributed by atoms with Crippen LogP contribution in [0.2, 0.25) is 0 Å². The highest BCUT2D eigenvalue weighted by Gasteiger charge is 2.07. The molecule has 1 rings (SSSR count). The highest BCUT2D eigenvalue weighted by Crippen LogP contribution is 2.20. The minimum absolute atomic E-state index is 0. The first-order valence-corrected chi connectivity index (χ1v) is 10.3. The molecular formula is C17H30IN3O4S. The van der Waals surface area contributed by atoms with Gasteiger partial charge in [0.1, 0.15) is 22.2 Å². The molecule has 0 amide bonds. The summed E-state index contributed by atoms with van der Waals surface area (Å²) < 4.78 is 33.5. The van der Waals surface area contributed by atoms with E-state index in [2.05, 4.69) is 15.6 Å². The molecule has 1 aromatic rings. The molecular weight excluding hydrogens is 469 g/mol. The predicted octanol–water partition coefficient (Wildman–Crippen LogP) is 1.74. The summed E-state index contributed by atoms with van der Waals surface area (Å²) in [5.41, 5.74) is 2.11. The Morgan fingerprint density at radius 3 is 2.58 bits per heavy atom. The first kappa shape index (κ1) is 24.9. The molecule has 0 fully saturated rings. The van der Waals surface area contributed by atoms with Crippen molar-refractivity contribution in [1.82, 2.24) is 10.6 Å². The van der Waals surface area contributed by atoms with Gasteiger partial charge < -0.3 is 20.1 Å². The highest BCUT2D eigenvalue weighted by molar-refractivity contribution is 14.0. The summed E-state index contributed by atoms with van der Waals surface area (Å²) in [6.07, 6.45) is 1.21. The second kappa shape index (κ2) is 13.2. The van der Waals surface area contributed by atoms with Gasteiger partial charge in [-0.3, -0.25) is 4.99 Å². The van der Waals surface area contributed by atoms with E-state index in [0.717, 1.165) is 16.9 Å². The van der Waals surface area contributed by atoms with Gasteiger partial charge in [-0.2, -0.15) is 0 Å². The quantitative estimate of drug-likeness (QED) is 0.221. The lowest BCUT2D eigenvalue weighted by Crippen LogP contribution is -2.39. The van der Waals surface area contributed by atoms with E-state index in [1.54, 1.807) is 7.05 Å². The van der Waals surface area contributed by atoms with Crippen molar-refractivity contribution in [3.63, 3.8) is 0 Å². The first-order chi connectivity index (χ1) is 11.9. The van der Waals surface area contributed by atoms with Gasteiger partial charge >= 0.3 is 0 Å². The fraction of sp³-hybridized carbons (Fsp3) is 0.588. The van der Waals surface area contributed by atoms with E-state index in [9.17, 15) is 8.42 Å². The van der Waals surface area contributed by atoms with Crippen molar-refractivity contribution in [2.45, 2.75) is 20.4 Å². The zero-order valence-electron chi connectivity index (χ0n) is 15.9. The van der Waals surface area contributed by atoms with E-state index in [4.69, 9.17) is 9.47 Å². The molecule has 0 bridgehead atoms. The highest BCUT2D eigenvalue weighted by atomic mass is 127. The largest absolute Gasteiger partial charge is 0.491 e. The van der Waals surface area contributed by atoms with Gasteiger partial charge in [-0.15, -0.1) is 24.0 Å². The van der Waals surface area contributed by atoms with E-state index in [1.807, 2.05) is 32.0 Å². The second-order valence-corrected chi connectivity index (χ2v) is 7.90. The number of nitrogens with zero attached hydrogens (tertiary/aromatic N) is 1. The van der Waals surface area contributed by atoms with Crippen LogP contribution in [0.4, 0.5) is 0 Å². The van der Waals surface area contributed by atoms with Crippen LogP contribution in [0.25, 0.3) is 0 Å². The Labute approximate surface area is 173 Å². The second-order valence-electron chi connectivity index (χ2n) is 5.64. The van der Waals surface area contributed by atoms with Gasteiger partial charge in [-0.25, -0.2) is 8.42 Å². The zero-order valence-corrected chi connectivity index (χ0v) is 19.0. The molecule has 0 aromatic heterocycles. The van der Waals surface area contributed by atoms with Gasteiger partial charge in [0, 0.05) is 38.6 Å². The van der Waals surface area contributed by atoms with Gasteiger partial charge in [0.25, 0.3) is 0 Å². The molecule has 7 nitrogen and oxygen atoms in total. The van der Waals surface area contributed by atoms with E-state index in [-0.39, 0.29) is 29.7 Å². The molecule has 0 spiro atoms. The molecule has 26 heavy (non-hydrogen) atoms. The van der Waals surface area contributed by atoms with Crippen LogP contribution in [0.5, 0.6) is 5.75 Å². The number of halogens is 1. The topological polar surface area (TPSA) is 89.0 Å². The maximum absolute atomic E-state index is 11.2. The van der Waals surface area contributed by atoms with Gasteiger partial charge in [-0.1, -0.05) is 12.1 Å². The van der Waals surface area contributed by atoms with Crippen LogP contribution in [0.15, 0.2) is 23.2 Å². The van der Waals surface area contributed by atoms with Crippen LogP contribution in [0, 0.1) is 6.92 Å². The Morgan fingerprint density at radius 1 is 1.23 bits per heavy atom. The van der Waals surface area contributed by atoms with E-state index in [0.29, 0.717) is 38.9 Å². The van der Waals surface area contributed by atoms with Crippen LogP contribution in [-0.4, -0.2) is 59.8 Å². The molecule has 9 heteroatoms. The SMILES string of the molecule is CCOCCOc1cc(C)ccc1CNC(=NC)NCCS(C)(=O)=O.I. The number of hydrogen-bond donors (Lipinski definition) is 2. The lowest BCUT2D eigenvalue weighted by molar-refractivity contribution is 0.110. The van der Waals surface area contributed by atoms with Crippen molar-refractivity contribution in [2.75, 3.05) is 45.4 Å². The molecule has 0 unspecified atom stereocenters. The zero-order chi connectivity index (χ0) is 18.7. The number of rotatable bonds is 10. The summed E-state index contributed by atoms with van der Waals surface area (Å²) in [4.78, 5) is 4.10. The number of aryl methyl sites for hydroxylation is 1. The fourth-order valence-corrected chi connectivity index (χ4v) is 2.52. The average molecular weight is 499 g/mol. The Morgan fingerprint density at radius 2 is 1.96 bits per heavy atom. The standard InChI is InChI=1S/C17H29N3O4S.HI/c1-5-23-9-10-24-16-12-14(2)6-7-15(16)13-20-17(18-3)19-8-11-25(4,21)22;/h6-7,12H,5,8-11,13H2,1-4H3,(H2,18,19,20);1H. The van der Waals surface area contributed by atoms with Crippen LogP contribution < -0.4 is 15.4 Å². The maximum Gasteiger partial charge on any atom is 0.191 e. The van der Waals surface area contributed by atoms with Crippen LogP contribution in [-0.2, 0) is 21.1 Å². The van der Waals surface area contributed by atoms with E-state index >= 15 is 0 Å². The number of benzene rings is 1. The van der Waals surface area contributed by atoms with Gasteiger partial charge in [0.05, 0.1) is 12.4 Å². The third kappa shape index (κ3) is 10.8. The minimum Gasteiger partial charge on any atom is -0.491 e. The molecule has 0 heterocycles. The molecule has 0 aliphatic rings. The van der Waals surface area contributed by atoms with Crippen LogP contribution in [0.3, 0.4) is 0 Å². The molecule has 1 aromatic carbocycles. The molecule has 0 atom stereocenters. The number of aliphatic imine (C=N–C) groups is 1. The van der Waals surface area contributed by atoms with Gasteiger partial charge in [-0.05, 0) is 25.5 Å². The predicted molar refractivity (Wildman–Crippen MR) is 116 cm³/mol. The Balaban J connectivity index is 0.00000625. The first-order valence-electron chi connectivity index (χ1n) is 8.28. The van der Waals surface area contributed by atoms with Crippen molar-refractivity contribution in [3.8, 4) is 5.75 Å². The fourth-order valence-electron chi connectivity index (χ4n) is 2.05. The van der Waals surface area contributed by atoms with Crippen molar-refractivity contribution < 1.29 is 17.9 Å². The Hall–Kier alpha value is -1.07. The summed E-state index contributed by atoms with van der Waals surface area (Å²) >= 11 is 0. The van der Waals surface area contributed by atoms with E-state index in [1.165, 1.54) is 6.26 Å². The lowest BCUT2D eigenvalue weighted by atomic mass is 10.1. The molecule has 150 valence electrons. The van der Waals surface area contributed by atoms with Crippen molar-refractivity contribution in [1.29, 1.82) is 0 Å². The third-order valence-electron chi connectivity index (χ3n) is 3.35. The number of guanidine groups is 1. The summed E-state index contributed by atoms with van der Waals surface area (Å²) in [6, 6.07) is 6.01. The normalized spacial score (nSPS) is 11.6. The number of hydrogen-bond acceptors (Lipinski definition) is 5. The third-order valence-corrected chi connectivity index (χ3v) is 4.29. The molecule has 0 aliphatic heterocycles. The summed E-state index contributed by atoms with van der Waals surface area (Å²) in [7, 11) is -1.36. The van der Waals surface area contributed by atoms with E-state index < -0.39 is 9.84 Å². The molecule has 0 radical (unpaired) electrons. The van der Waals surface area contributed by atoms with Crippen LogP contribution >= 0.6 is 24.0 Å². The molecule has 0 saturated carbocycles. The molecule has 0 saturated heterocycles. The number of ether oxygens (including phenoxy) is 2. The maximum atomic E-state index is 11.2. The molecule has 0 aliphatic carbocycles. The number of sulfone groups is 1. The summed E-state index contributed by atoms with van der Waals surface area (Å²) in [6.45, 7) is 6.49. The van der Waals surface area contributed by atoms with Crippen molar-refractivity contribution >= 4 is 39.8 Å². The molecule has 2 N–H and O–H groups in total. The van der Waals surface area contributed by atoms with Gasteiger partial charge in [0.2, 0.25) is 0 Å². The van der Waals surface area contributed by atoms with Crippen molar-refractivity contribution in [2.24, 2.45) is 4.99 Å². The van der Waals surface area contributed by atoms with Gasteiger partial charge in [0.15, 0.2) is 5.96 Å². The van der Waals surface area contributed by atoms with Crippen molar-refractivity contribution in [3.05, 3.63) is 29.3 Å². The number of nitrogens with one attached hydrogen (secondary N) is 2.